The number of benzene rings is 1. The Hall–Kier alpha value is -2.38. The molecule has 1 aliphatic rings. The third kappa shape index (κ3) is 13.3. The van der Waals surface area contributed by atoms with Crippen LogP contribution in [0, 0.1) is 11.8 Å². The van der Waals surface area contributed by atoms with Crippen molar-refractivity contribution in [1.82, 2.24) is 10.7 Å². The van der Waals surface area contributed by atoms with Gasteiger partial charge >= 0.3 is 5.97 Å². The van der Waals surface area contributed by atoms with Crippen LogP contribution in [0.1, 0.15) is 70.3 Å². The van der Waals surface area contributed by atoms with E-state index >= 15 is 0 Å². The van der Waals surface area contributed by atoms with E-state index in [0.29, 0.717) is 44.9 Å². The number of ether oxygens (including phenoxy) is 1. The van der Waals surface area contributed by atoms with Crippen molar-refractivity contribution in [3.8, 4) is 0 Å². The van der Waals surface area contributed by atoms with E-state index in [0.717, 1.165) is 6.42 Å². The van der Waals surface area contributed by atoms with Crippen LogP contribution in [0.3, 0.4) is 0 Å². The van der Waals surface area contributed by atoms with E-state index in [1.165, 1.54) is 12.5 Å². The average molecular weight is 567 g/mol. The molecule has 40 heavy (non-hydrogen) atoms. The Bertz CT molecular complexity index is 884. The molecule has 11 nitrogen and oxygen atoms in total. The summed E-state index contributed by atoms with van der Waals surface area (Å²) in [5, 5.41) is 50.4. The number of unbranched alkanes of at least 4 members (excludes halogenated alkanes) is 1. The zero-order chi connectivity index (χ0) is 29.3. The molecule has 1 aliphatic carbocycles. The highest BCUT2D eigenvalue weighted by atomic mass is 17.1. The van der Waals surface area contributed by atoms with E-state index in [1.807, 2.05) is 42.5 Å². The summed E-state index contributed by atoms with van der Waals surface area (Å²) >= 11 is 0. The van der Waals surface area contributed by atoms with Gasteiger partial charge in [0.15, 0.2) is 0 Å². The predicted octanol–water partition coefficient (Wildman–Crippen LogP) is 2.68. The largest absolute Gasteiger partial charge is 0.464 e. The van der Waals surface area contributed by atoms with Crippen LogP contribution < -0.4 is 5.32 Å². The summed E-state index contributed by atoms with van der Waals surface area (Å²) in [5.74, 6) is -0.989. The number of hydrogen-bond acceptors (Lipinski definition) is 10. The molecular weight excluding hydrogens is 520 g/mol. The van der Waals surface area contributed by atoms with Crippen LogP contribution in [0.25, 0.3) is 0 Å². The van der Waals surface area contributed by atoms with Gasteiger partial charge in [-0.15, -0.1) is 0 Å². The van der Waals surface area contributed by atoms with Gasteiger partial charge in [-0.05, 0) is 75.7 Å². The fourth-order valence-corrected chi connectivity index (χ4v) is 5.04. The zero-order valence-corrected chi connectivity index (χ0v) is 23.3. The third-order valence-corrected chi connectivity index (χ3v) is 7.28. The number of aliphatic hydroxyl groups is 3. The lowest BCUT2D eigenvalue weighted by molar-refractivity contribution is -0.492. The normalized spacial score (nSPS) is 22.5. The Kier molecular flexibility index (Phi) is 16.0. The summed E-state index contributed by atoms with van der Waals surface area (Å²) in [7, 11) is 0. The van der Waals surface area contributed by atoms with Gasteiger partial charge in [-0.25, -0.2) is 4.79 Å². The molecule has 0 spiro atoms. The molecule has 0 saturated heterocycles. The van der Waals surface area contributed by atoms with Gasteiger partial charge in [-0.2, -0.15) is 0 Å². The van der Waals surface area contributed by atoms with Crippen LogP contribution >= 0.6 is 0 Å². The maximum Gasteiger partial charge on any atom is 0.328 e. The van der Waals surface area contributed by atoms with Gasteiger partial charge in [0.2, 0.25) is 5.91 Å². The van der Waals surface area contributed by atoms with Crippen LogP contribution in [0.15, 0.2) is 42.5 Å². The maximum atomic E-state index is 12.1. The maximum absolute atomic E-state index is 12.1. The first kappa shape index (κ1) is 33.8. The molecule has 1 amide bonds. The average Bonchev–Trinajstić information content (AvgIpc) is 3.19. The molecule has 0 aromatic heterocycles. The molecule has 1 fully saturated rings. The zero-order valence-electron chi connectivity index (χ0n) is 23.3. The van der Waals surface area contributed by atoms with E-state index < -0.39 is 35.7 Å². The first-order chi connectivity index (χ1) is 19.2. The van der Waals surface area contributed by atoms with Crippen molar-refractivity contribution in [1.29, 1.82) is 0 Å². The lowest BCUT2D eigenvalue weighted by Gasteiger charge is -2.23. The minimum Gasteiger partial charge on any atom is -0.464 e. The summed E-state index contributed by atoms with van der Waals surface area (Å²) in [6.07, 6.45) is 7.78. The van der Waals surface area contributed by atoms with Crippen LogP contribution in [0.2, 0.25) is 0 Å². The molecule has 1 aromatic carbocycles. The van der Waals surface area contributed by atoms with Crippen LogP contribution in [0.4, 0.5) is 0 Å². The quantitative estimate of drug-likeness (QED) is 0.0634. The highest BCUT2D eigenvalue weighted by Gasteiger charge is 2.40. The lowest BCUT2D eigenvalue weighted by atomic mass is 9.85. The highest BCUT2D eigenvalue weighted by molar-refractivity contribution is 5.84. The summed E-state index contributed by atoms with van der Waals surface area (Å²) < 4.78 is 5.00. The van der Waals surface area contributed by atoms with Gasteiger partial charge in [-0.1, -0.05) is 42.5 Å². The minimum atomic E-state index is -0.805. The van der Waals surface area contributed by atoms with E-state index in [9.17, 15) is 24.9 Å². The molecule has 6 atom stereocenters. The van der Waals surface area contributed by atoms with Gasteiger partial charge in [0.1, 0.15) is 6.04 Å². The van der Waals surface area contributed by atoms with Gasteiger partial charge in [0.25, 0.3) is 0 Å². The molecule has 0 heterocycles. The van der Waals surface area contributed by atoms with Gasteiger partial charge < -0.3 is 25.4 Å². The number of carbonyl (C=O) groups excluding carboxylic acids is 2. The van der Waals surface area contributed by atoms with Crippen LogP contribution in [0.5, 0.6) is 0 Å². The molecule has 0 radical (unpaired) electrons. The number of allylic oxidation sites excluding steroid dienone is 2. The summed E-state index contributed by atoms with van der Waals surface area (Å²) in [6.45, 7) is 1.49. The minimum absolute atomic E-state index is 0.0140. The smallest absolute Gasteiger partial charge is 0.328 e. The number of carbonyl (C=O) groups is 2. The van der Waals surface area contributed by atoms with E-state index in [-0.39, 0.29) is 43.8 Å². The Balaban J connectivity index is 1.62. The van der Waals surface area contributed by atoms with Crippen LogP contribution in [-0.4, -0.2) is 80.6 Å². The molecule has 0 bridgehead atoms. The van der Waals surface area contributed by atoms with Gasteiger partial charge in [0, 0.05) is 12.8 Å². The summed E-state index contributed by atoms with van der Waals surface area (Å²) in [4.78, 5) is 28.4. The number of aryl methyl sites for hydroxylation is 1. The molecule has 1 saturated carbocycles. The molecule has 226 valence electrons. The highest BCUT2D eigenvalue weighted by Crippen LogP contribution is 2.38. The second kappa shape index (κ2) is 18.9. The topological polar surface area (TPSA) is 169 Å². The third-order valence-electron chi connectivity index (χ3n) is 7.28. The lowest BCUT2D eigenvalue weighted by Crippen LogP contribution is -2.39. The standard InChI is InChI=1S/C29H46N2O9/c1-21(29(36)39-18-9-19-40-31(37)38)30-28(35)13-8-3-2-7-12-24-25(27(34)20-26(24)33)17-16-23(32)15-14-22-10-5-4-6-11-22/h2,4-7,10-11,21,23-27,32-34,37-38H,3,8-9,12-20H2,1H3,(H,30,35)/b7-2-/t21?,23-,24+,25+,26-,27+/m0/s1. The molecule has 2 rings (SSSR count). The Morgan fingerprint density at radius 3 is 2.50 bits per heavy atom. The van der Waals surface area contributed by atoms with Crippen molar-refractivity contribution in [3.63, 3.8) is 0 Å². The molecule has 0 aliphatic heterocycles. The number of aliphatic hydroxyl groups excluding tert-OH is 3. The fraction of sp³-hybridized carbons (Fsp3) is 0.655. The molecule has 6 N–H and O–H groups in total. The van der Waals surface area contributed by atoms with Gasteiger partial charge in [-0.3, -0.25) is 20.0 Å². The first-order valence-corrected chi connectivity index (χ1v) is 14.2. The van der Waals surface area contributed by atoms with E-state index in [1.54, 1.807) is 0 Å². The van der Waals surface area contributed by atoms with Crippen molar-refractivity contribution in [3.05, 3.63) is 48.0 Å². The second-order valence-corrected chi connectivity index (χ2v) is 10.4. The number of nitrogens with one attached hydrogen (secondary N) is 1. The van der Waals surface area contributed by atoms with Crippen molar-refractivity contribution in [2.45, 2.75) is 95.5 Å². The molecule has 11 heteroatoms. The SMILES string of the molecule is CC(NC(=O)CCC/C=C\C[C@@H]1[C@@H](CC[C@@H](O)CCc2ccccc2)[C@H](O)C[C@@H]1O)C(=O)OCCCON(O)O. The predicted molar refractivity (Wildman–Crippen MR) is 146 cm³/mol. The number of esters is 1. The van der Waals surface area contributed by atoms with Crippen molar-refractivity contribution >= 4 is 11.9 Å². The number of hydrogen-bond donors (Lipinski definition) is 6. The Morgan fingerprint density at radius 1 is 1.05 bits per heavy atom. The number of amides is 1. The molecule has 1 aromatic rings. The molecular formula is C29H46N2O9. The van der Waals surface area contributed by atoms with Gasteiger partial charge in [0.05, 0.1) is 36.9 Å². The van der Waals surface area contributed by atoms with E-state index in [2.05, 4.69) is 10.2 Å². The molecule has 1 unspecified atom stereocenters. The Labute approximate surface area is 236 Å². The van der Waals surface area contributed by atoms with Crippen molar-refractivity contribution in [2.75, 3.05) is 13.2 Å². The van der Waals surface area contributed by atoms with Crippen LogP contribution in [-0.2, 0) is 25.6 Å². The summed E-state index contributed by atoms with van der Waals surface area (Å²) in [5.41, 5.74) is 1.19. The Morgan fingerprint density at radius 2 is 1.77 bits per heavy atom. The monoisotopic (exact) mass is 566 g/mol. The number of nitrogens with zero attached hydrogens (tertiary/aromatic N) is 1. The number of rotatable bonds is 19. The van der Waals surface area contributed by atoms with E-state index in [4.69, 9.17) is 15.2 Å². The second-order valence-electron chi connectivity index (χ2n) is 10.4. The van der Waals surface area contributed by atoms with Crippen molar-refractivity contribution < 1.29 is 44.9 Å². The first-order valence-electron chi connectivity index (χ1n) is 14.2. The fourth-order valence-electron chi connectivity index (χ4n) is 5.04. The van der Waals surface area contributed by atoms with Crippen molar-refractivity contribution in [2.24, 2.45) is 11.8 Å². The summed E-state index contributed by atoms with van der Waals surface area (Å²) in [6, 6.07) is 9.23.